The molecule has 6 heteroatoms. The maximum atomic E-state index is 11.8. The van der Waals surface area contributed by atoms with Gasteiger partial charge in [-0.05, 0) is 50.9 Å². The molecule has 0 radical (unpaired) electrons. The predicted octanol–water partition coefficient (Wildman–Crippen LogP) is 2.74. The molecule has 5 N–H and O–H groups in total. The van der Waals surface area contributed by atoms with Crippen molar-refractivity contribution in [3.05, 3.63) is 29.8 Å². The Hall–Kier alpha value is -2.08. The molecule has 0 unspecified atom stereocenters. The minimum Gasteiger partial charge on any atom is -0.352 e. The highest BCUT2D eigenvalue weighted by Crippen LogP contribution is 2.09. The number of hydrogen-bond acceptors (Lipinski definition) is 3. The minimum absolute atomic E-state index is 0.0706. The molecule has 0 atom stereocenters. The van der Waals surface area contributed by atoms with Crippen LogP contribution < -0.4 is 21.7 Å². The number of unbranched alkanes of at least 4 members (excludes halogenated alkanes) is 3. The summed E-state index contributed by atoms with van der Waals surface area (Å²) in [6.45, 7) is 5.03. The van der Waals surface area contributed by atoms with Gasteiger partial charge in [-0.2, -0.15) is 0 Å². The molecule has 0 fully saturated rings. The molecule has 3 amide bonds. The van der Waals surface area contributed by atoms with E-state index >= 15 is 0 Å². The Labute approximate surface area is 144 Å². The number of carbonyl (C=O) groups excluding carboxylic acids is 2. The zero-order chi connectivity index (χ0) is 17.8. The lowest BCUT2D eigenvalue weighted by molar-refractivity contribution is -0.121. The molecule has 1 aromatic rings. The molecule has 0 heterocycles. The van der Waals surface area contributed by atoms with E-state index in [9.17, 15) is 9.59 Å². The fraction of sp³-hybridized carbons (Fsp3) is 0.556. The van der Waals surface area contributed by atoms with Crippen molar-refractivity contribution in [3.63, 3.8) is 0 Å². The van der Waals surface area contributed by atoms with Crippen LogP contribution in [0.2, 0.25) is 0 Å². The van der Waals surface area contributed by atoms with Crippen molar-refractivity contribution in [2.45, 2.75) is 58.5 Å². The number of amides is 3. The van der Waals surface area contributed by atoms with Gasteiger partial charge in [-0.1, -0.05) is 25.0 Å². The van der Waals surface area contributed by atoms with Crippen molar-refractivity contribution in [1.82, 2.24) is 10.6 Å². The van der Waals surface area contributed by atoms with E-state index in [0.717, 1.165) is 43.5 Å². The highest BCUT2D eigenvalue weighted by atomic mass is 16.2. The Morgan fingerprint density at radius 2 is 1.71 bits per heavy atom. The van der Waals surface area contributed by atoms with Crippen LogP contribution in [0.4, 0.5) is 10.5 Å². The van der Waals surface area contributed by atoms with Gasteiger partial charge in [-0.3, -0.25) is 4.79 Å². The quantitative estimate of drug-likeness (QED) is 0.495. The summed E-state index contributed by atoms with van der Waals surface area (Å²) in [6, 6.07) is 7.32. The Bertz CT molecular complexity index is 500. The fourth-order valence-corrected chi connectivity index (χ4v) is 2.21. The minimum atomic E-state index is -0.222. The number of nitrogens with one attached hydrogen (secondary N) is 3. The molecule has 0 aliphatic heterocycles. The van der Waals surface area contributed by atoms with Gasteiger partial charge in [0, 0.05) is 24.7 Å². The Kier molecular flexibility index (Phi) is 9.53. The Morgan fingerprint density at radius 1 is 1.04 bits per heavy atom. The van der Waals surface area contributed by atoms with E-state index in [4.69, 9.17) is 5.73 Å². The third-order valence-corrected chi connectivity index (χ3v) is 3.48. The zero-order valence-electron chi connectivity index (χ0n) is 14.7. The van der Waals surface area contributed by atoms with Crippen LogP contribution in [0.15, 0.2) is 24.3 Å². The second-order valence-electron chi connectivity index (χ2n) is 6.18. The van der Waals surface area contributed by atoms with Crippen LogP contribution in [0, 0.1) is 0 Å². The van der Waals surface area contributed by atoms with Crippen molar-refractivity contribution in [2.75, 3.05) is 11.9 Å². The highest BCUT2D eigenvalue weighted by Gasteiger charge is 2.04. The summed E-state index contributed by atoms with van der Waals surface area (Å²) in [6.07, 6.45) is 4.61. The highest BCUT2D eigenvalue weighted by molar-refractivity contribution is 5.89. The fourth-order valence-electron chi connectivity index (χ4n) is 2.21. The van der Waals surface area contributed by atoms with E-state index in [1.54, 1.807) is 0 Å². The lowest BCUT2D eigenvalue weighted by atomic mass is 10.1. The standard InChI is InChI=1S/C18H30N4O2/c1-14(2)21-18(24)22-16-10-8-15(9-11-16)13-20-17(23)7-5-3-4-6-12-19/h8-11,14H,3-7,12-13,19H2,1-2H3,(H,20,23)(H2,21,22,24). The smallest absolute Gasteiger partial charge is 0.319 e. The molecule has 24 heavy (non-hydrogen) atoms. The third-order valence-electron chi connectivity index (χ3n) is 3.48. The number of nitrogens with two attached hydrogens (primary N) is 1. The first-order chi connectivity index (χ1) is 11.5. The second-order valence-corrected chi connectivity index (χ2v) is 6.18. The molecule has 0 saturated carbocycles. The van der Waals surface area contributed by atoms with Crippen LogP contribution in [0.3, 0.4) is 0 Å². The molecule has 134 valence electrons. The molecule has 0 spiro atoms. The van der Waals surface area contributed by atoms with Crippen molar-refractivity contribution in [3.8, 4) is 0 Å². The number of urea groups is 1. The molecule has 0 saturated heterocycles. The normalized spacial score (nSPS) is 10.5. The van der Waals surface area contributed by atoms with Gasteiger partial charge in [-0.25, -0.2) is 4.79 Å². The zero-order valence-corrected chi connectivity index (χ0v) is 14.7. The van der Waals surface area contributed by atoms with Gasteiger partial charge in [0.1, 0.15) is 0 Å². The number of benzene rings is 1. The summed E-state index contributed by atoms with van der Waals surface area (Å²) in [5.74, 6) is 0.0706. The molecular formula is C18H30N4O2. The summed E-state index contributed by atoms with van der Waals surface area (Å²) in [4.78, 5) is 23.4. The van der Waals surface area contributed by atoms with E-state index in [-0.39, 0.29) is 18.0 Å². The van der Waals surface area contributed by atoms with Crippen molar-refractivity contribution in [2.24, 2.45) is 5.73 Å². The van der Waals surface area contributed by atoms with Crippen molar-refractivity contribution in [1.29, 1.82) is 0 Å². The van der Waals surface area contributed by atoms with Crippen LogP contribution in [-0.2, 0) is 11.3 Å². The molecule has 0 aliphatic carbocycles. The van der Waals surface area contributed by atoms with Gasteiger partial charge < -0.3 is 21.7 Å². The van der Waals surface area contributed by atoms with Crippen molar-refractivity contribution < 1.29 is 9.59 Å². The van der Waals surface area contributed by atoms with Gasteiger partial charge >= 0.3 is 6.03 Å². The van der Waals surface area contributed by atoms with Crippen LogP contribution in [0.25, 0.3) is 0 Å². The summed E-state index contributed by atoms with van der Waals surface area (Å²) < 4.78 is 0. The number of hydrogen-bond donors (Lipinski definition) is 4. The van der Waals surface area contributed by atoms with E-state index in [0.29, 0.717) is 13.0 Å². The summed E-state index contributed by atoms with van der Waals surface area (Å²) in [7, 11) is 0. The lowest BCUT2D eigenvalue weighted by Gasteiger charge is -2.11. The first-order valence-corrected chi connectivity index (χ1v) is 8.64. The maximum Gasteiger partial charge on any atom is 0.319 e. The molecule has 6 nitrogen and oxygen atoms in total. The Balaban J connectivity index is 2.26. The van der Waals surface area contributed by atoms with Crippen LogP contribution in [-0.4, -0.2) is 24.5 Å². The van der Waals surface area contributed by atoms with Gasteiger partial charge in [0.2, 0.25) is 5.91 Å². The second kappa shape index (κ2) is 11.5. The summed E-state index contributed by atoms with van der Waals surface area (Å²) in [5, 5.41) is 8.44. The lowest BCUT2D eigenvalue weighted by Crippen LogP contribution is -2.34. The number of anilines is 1. The Morgan fingerprint density at radius 3 is 2.33 bits per heavy atom. The van der Waals surface area contributed by atoms with Gasteiger partial charge in [-0.15, -0.1) is 0 Å². The van der Waals surface area contributed by atoms with E-state index in [1.807, 2.05) is 38.1 Å². The molecular weight excluding hydrogens is 304 g/mol. The molecule has 1 aromatic carbocycles. The SMILES string of the molecule is CC(C)NC(=O)Nc1ccc(CNC(=O)CCCCCCN)cc1. The molecule has 1 rings (SSSR count). The van der Waals surface area contributed by atoms with Crippen LogP contribution in [0.5, 0.6) is 0 Å². The summed E-state index contributed by atoms with van der Waals surface area (Å²) in [5.41, 5.74) is 7.16. The summed E-state index contributed by atoms with van der Waals surface area (Å²) >= 11 is 0. The number of carbonyl (C=O) groups is 2. The van der Waals surface area contributed by atoms with E-state index in [1.165, 1.54) is 0 Å². The molecule has 0 aromatic heterocycles. The topological polar surface area (TPSA) is 96.2 Å². The van der Waals surface area contributed by atoms with Crippen LogP contribution in [0.1, 0.15) is 51.5 Å². The van der Waals surface area contributed by atoms with Crippen molar-refractivity contribution >= 4 is 17.6 Å². The first kappa shape index (κ1) is 20.0. The number of rotatable bonds is 10. The average Bonchev–Trinajstić information content (AvgIpc) is 2.53. The first-order valence-electron chi connectivity index (χ1n) is 8.64. The molecule has 0 aliphatic rings. The van der Waals surface area contributed by atoms with Crippen LogP contribution >= 0.6 is 0 Å². The van der Waals surface area contributed by atoms with Gasteiger partial charge in [0.05, 0.1) is 0 Å². The average molecular weight is 334 g/mol. The largest absolute Gasteiger partial charge is 0.352 e. The van der Waals surface area contributed by atoms with Gasteiger partial charge in [0.25, 0.3) is 0 Å². The predicted molar refractivity (Wildman–Crippen MR) is 97.7 cm³/mol. The van der Waals surface area contributed by atoms with E-state index < -0.39 is 0 Å². The molecule has 0 bridgehead atoms. The monoisotopic (exact) mass is 334 g/mol. The van der Waals surface area contributed by atoms with E-state index in [2.05, 4.69) is 16.0 Å². The third kappa shape index (κ3) is 9.15. The van der Waals surface area contributed by atoms with Gasteiger partial charge in [0.15, 0.2) is 0 Å². The maximum absolute atomic E-state index is 11.8.